The third kappa shape index (κ3) is 2.02. The van der Waals surface area contributed by atoms with E-state index in [1.807, 2.05) is 0 Å². The lowest BCUT2D eigenvalue weighted by Gasteiger charge is -2.34. The molecule has 0 saturated carbocycles. The Morgan fingerprint density at radius 1 is 1.31 bits per heavy atom. The minimum absolute atomic E-state index is 0.276. The van der Waals surface area contributed by atoms with Gasteiger partial charge in [-0.25, -0.2) is 0 Å². The minimum atomic E-state index is 0.276. The first-order valence-electron chi connectivity index (χ1n) is 4.97. The lowest BCUT2D eigenvalue weighted by atomic mass is 10.1. The molecule has 13 heavy (non-hydrogen) atoms. The first-order valence-corrected chi connectivity index (χ1v) is 4.97. The van der Waals surface area contributed by atoms with E-state index in [9.17, 15) is 0 Å². The van der Waals surface area contributed by atoms with Gasteiger partial charge in [-0.15, -0.1) is 0 Å². The Kier molecular flexibility index (Phi) is 3.16. The highest BCUT2D eigenvalue weighted by Gasteiger charge is 2.33. The SMILES string of the molecule is COC1COCC1N1CCNCC1. The first-order chi connectivity index (χ1) is 6.42. The summed E-state index contributed by atoms with van der Waals surface area (Å²) in [5.41, 5.74) is 0. The molecule has 2 saturated heterocycles. The average molecular weight is 186 g/mol. The van der Waals surface area contributed by atoms with Gasteiger partial charge in [0.05, 0.1) is 25.4 Å². The van der Waals surface area contributed by atoms with Crippen molar-refractivity contribution in [1.82, 2.24) is 10.2 Å². The highest BCUT2D eigenvalue weighted by molar-refractivity contribution is 4.86. The molecule has 4 heteroatoms. The van der Waals surface area contributed by atoms with Crippen molar-refractivity contribution in [2.45, 2.75) is 12.1 Å². The fraction of sp³-hybridized carbons (Fsp3) is 1.00. The quantitative estimate of drug-likeness (QED) is 0.618. The van der Waals surface area contributed by atoms with E-state index < -0.39 is 0 Å². The maximum Gasteiger partial charge on any atom is 0.0981 e. The summed E-state index contributed by atoms with van der Waals surface area (Å²) in [5.74, 6) is 0. The van der Waals surface area contributed by atoms with Crippen molar-refractivity contribution in [2.75, 3.05) is 46.5 Å². The Labute approximate surface area is 79.2 Å². The standard InChI is InChI=1S/C9H18N2O2/c1-12-9-7-13-6-8(9)11-4-2-10-3-5-11/h8-10H,2-7H2,1H3. The second-order valence-electron chi connectivity index (χ2n) is 3.66. The van der Waals surface area contributed by atoms with Crippen LogP contribution in [0.3, 0.4) is 0 Å². The van der Waals surface area contributed by atoms with Crippen molar-refractivity contribution < 1.29 is 9.47 Å². The van der Waals surface area contributed by atoms with Crippen molar-refractivity contribution in [3.05, 3.63) is 0 Å². The van der Waals surface area contributed by atoms with Gasteiger partial charge in [-0.3, -0.25) is 4.90 Å². The Morgan fingerprint density at radius 3 is 2.77 bits per heavy atom. The third-order valence-electron chi connectivity index (χ3n) is 2.92. The topological polar surface area (TPSA) is 33.7 Å². The van der Waals surface area contributed by atoms with Crippen LogP contribution in [0, 0.1) is 0 Å². The summed E-state index contributed by atoms with van der Waals surface area (Å²) in [7, 11) is 1.77. The number of ether oxygens (including phenoxy) is 2. The fourth-order valence-electron chi connectivity index (χ4n) is 2.10. The number of methoxy groups -OCH3 is 1. The zero-order chi connectivity index (χ0) is 9.10. The summed E-state index contributed by atoms with van der Waals surface area (Å²) in [6.45, 7) is 6.01. The van der Waals surface area contributed by atoms with Gasteiger partial charge >= 0.3 is 0 Å². The molecule has 0 spiro atoms. The van der Waals surface area contributed by atoms with Crippen LogP contribution in [0.1, 0.15) is 0 Å². The predicted octanol–water partition coefficient (Wildman–Crippen LogP) is -0.695. The van der Waals surface area contributed by atoms with Crippen LogP contribution in [-0.4, -0.2) is 63.5 Å². The first kappa shape index (κ1) is 9.40. The van der Waals surface area contributed by atoms with Crippen molar-refractivity contribution in [1.29, 1.82) is 0 Å². The summed E-state index contributed by atoms with van der Waals surface area (Å²) in [5, 5.41) is 3.35. The van der Waals surface area contributed by atoms with E-state index >= 15 is 0 Å². The highest BCUT2D eigenvalue weighted by Crippen LogP contribution is 2.15. The van der Waals surface area contributed by atoms with Gasteiger partial charge in [0.25, 0.3) is 0 Å². The molecular formula is C9H18N2O2. The van der Waals surface area contributed by atoms with Crippen LogP contribution in [0.25, 0.3) is 0 Å². The van der Waals surface area contributed by atoms with Crippen molar-refractivity contribution >= 4 is 0 Å². The Hall–Kier alpha value is -0.160. The van der Waals surface area contributed by atoms with Gasteiger partial charge in [0.15, 0.2) is 0 Å². The zero-order valence-corrected chi connectivity index (χ0v) is 8.16. The Balaban J connectivity index is 1.90. The van der Waals surface area contributed by atoms with Crippen LogP contribution < -0.4 is 5.32 Å². The van der Waals surface area contributed by atoms with Gasteiger partial charge in [0, 0.05) is 33.3 Å². The van der Waals surface area contributed by atoms with Crippen molar-refractivity contribution in [2.24, 2.45) is 0 Å². The van der Waals surface area contributed by atoms with Gasteiger partial charge < -0.3 is 14.8 Å². The number of hydrogen-bond acceptors (Lipinski definition) is 4. The molecule has 0 radical (unpaired) electrons. The van der Waals surface area contributed by atoms with Crippen LogP contribution >= 0.6 is 0 Å². The van der Waals surface area contributed by atoms with E-state index in [0.29, 0.717) is 6.04 Å². The highest BCUT2D eigenvalue weighted by atomic mass is 16.5. The van der Waals surface area contributed by atoms with Gasteiger partial charge in [-0.05, 0) is 0 Å². The molecule has 1 N–H and O–H groups in total. The van der Waals surface area contributed by atoms with Gasteiger partial charge in [0.1, 0.15) is 0 Å². The van der Waals surface area contributed by atoms with Crippen LogP contribution in [-0.2, 0) is 9.47 Å². The number of piperazine rings is 1. The lowest BCUT2D eigenvalue weighted by molar-refractivity contribution is 0.0365. The molecule has 2 aliphatic heterocycles. The predicted molar refractivity (Wildman–Crippen MR) is 49.8 cm³/mol. The summed E-state index contributed by atoms with van der Waals surface area (Å²) >= 11 is 0. The molecule has 0 aliphatic carbocycles. The monoisotopic (exact) mass is 186 g/mol. The molecular weight excluding hydrogens is 168 g/mol. The summed E-state index contributed by atoms with van der Waals surface area (Å²) in [4.78, 5) is 2.47. The number of nitrogens with one attached hydrogen (secondary N) is 1. The third-order valence-corrected chi connectivity index (χ3v) is 2.92. The maximum atomic E-state index is 5.43. The molecule has 2 rings (SSSR count). The molecule has 0 aromatic heterocycles. The minimum Gasteiger partial charge on any atom is -0.377 e. The smallest absolute Gasteiger partial charge is 0.0981 e. The van der Waals surface area contributed by atoms with E-state index in [4.69, 9.17) is 9.47 Å². The second kappa shape index (κ2) is 4.37. The second-order valence-corrected chi connectivity index (χ2v) is 3.66. The molecule has 2 fully saturated rings. The fourth-order valence-corrected chi connectivity index (χ4v) is 2.10. The summed E-state index contributed by atoms with van der Waals surface area (Å²) < 4.78 is 10.8. The Bertz CT molecular complexity index is 160. The van der Waals surface area contributed by atoms with Crippen LogP contribution in [0.4, 0.5) is 0 Å². The molecule has 0 aromatic carbocycles. The molecule has 76 valence electrons. The summed E-state index contributed by atoms with van der Waals surface area (Å²) in [6.07, 6.45) is 0.276. The van der Waals surface area contributed by atoms with E-state index in [1.165, 1.54) is 0 Å². The van der Waals surface area contributed by atoms with Crippen LogP contribution in [0.2, 0.25) is 0 Å². The van der Waals surface area contributed by atoms with Crippen molar-refractivity contribution in [3.8, 4) is 0 Å². The normalized spacial score (nSPS) is 36.7. The van der Waals surface area contributed by atoms with Gasteiger partial charge in [-0.1, -0.05) is 0 Å². The van der Waals surface area contributed by atoms with Crippen LogP contribution in [0.15, 0.2) is 0 Å². The van der Waals surface area contributed by atoms with Crippen LogP contribution in [0.5, 0.6) is 0 Å². The zero-order valence-electron chi connectivity index (χ0n) is 8.16. The van der Waals surface area contributed by atoms with Gasteiger partial charge in [-0.2, -0.15) is 0 Å². The maximum absolute atomic E-state index is 5.43. The molecule has 4 nitrogen and oxygen atoms in total. The molecule has 2 unspecified atom stereocenters. The van der Waals surface area contributed by atoms with Crippen molar-refractivity contribution in [3.63, 3.8) is 0 Å². The van der Waals surface area contributed by atoms with E-state index in [1.54, 1.807) is 7.11 Å². The number of hydrogen-bond donors (Lipinski definition) is 1. The summed E-state index contributed by atoms with van der Waals surface area (Å²) in [6, 6.07) is 0.479. The number of rotatable bonds is 2. The molecule has 2 aliphatic rings. The largest absolute Gasteiger partial charge is 0.377 e. The van der Waals surface area contributed by atoms with E-state index in [-0.39, 0.29) is 6.10 Å². The lowest BCUT2D eigenvalue weighted by Crippen LogP contribution is -2.52. The van der Waals surface area contributed by atoms with E-state index in [0.717, 1.165) is 39.4 Å². The average Bonchev–Trinajstić information content (AvgIpc) is 2.67. The molecule has 0 bridgehead atoms. The van der Waals surface area contributed by atoms with E-state index in [2.05, 4.69) is 10.2 Å². The van der Waals surface area contributed by atoms with Gasteiger partial charge in [0.2, 0.25) is 0 Å². The molecule has 2 atom stereocenters. The number of nitrogens with zero attached hydrogens (tertiary/aromatic N) is 1. The molecule has 0 amide bonds. The molecule has 0 aromatic rings. The Morgan fingerprint density at radius 2 is 2.08 bits per heavy atom. The molecule has 2 heterocycles.